The molecule has 0 unspecified atom stereocenters. The van der Waals surface area contributed by atoms with Crippen molar-refractivity contribution >= 4 is 0 Å². The Hall–Kier alpha value is -2.66. The summed E-state index contributed by atoms with van der Waals surface area (Å²) in [5.74, 6) is 0.766. The maximum atomic E-state index is 12.3. The van der Waals surface area contributed by atoms with Crippen molar-refractivity contribution in [2.24, 2.45) is 0 Å². The first-order valence-corrected chi connectivity index (χ1v) is 7.82. The molecule has 1 N–H and O–H groups in total. The van der Waals surface area contributed by atoms with Crippen molar-refractivity contribution in [1.82, 2.24) is 19.7 Å². The molecule has 1 aliphatic rings. The fourth-order valence-corrected chi connectivity index (χ4v) is 3.15. The predicted molar refractivity (Wildman–Crippen MR) is 88.4 cm³/mol. The molecule has 5 heteroatoms. The van der Waals surface area contributed by atoms with E-state index in [1.807, 2.05) is 28.9 Å². The van der Waals surface area contributed by atoms with E-state index in [1.54, 1.807) is 6.20 Å². The van der Waals surface area contributed by atoms with Gasteiger partial charge in [-0.25, -0.2) is 9.67 Å². The standard InChI is InChI=1S/C18H18N4O/c23-18-15-13-21(12-14-6-2-1-3-7-14)11-9-16(15)22(20-18)17-8-4-5-10-19-17/h1-8,10H,9,11-13H2,(H,20,23). The lowest BCUT2D eigenvalue weighted by molar-refractivity contribution is 0.243. The molecule has 116 valence electrons. The number of hydrogen-bond acceptors (Lipinski definition) is 3. The van der Waals surface area contributed by atoms with Gasteiger partial charge in [-0.1, -0.05) is 36.4 Å². The number of rotatable bonds is 3. The second-order valence-corrected chi connectivity index (χ2v) is 5.84. The van der Waals surface area contributed by atoms with Crippen LogP contribution >= 0.6 is 0 Å². The van der Waals surface area contributed by atoms with Gasteiger partial charge in [-0.2, -0.15) is 0 Å². The highest BCUT2D eigenvalue weighted by Crippen LogP contribution is 2.19. The molecule has 0 atom stereocenters. The van der Waals surface area contributed by atoms with E-state index in [0.717, 1.165) is 36.6 Å². The summed E-state index contributed by atoms with van der Waals surface area (Å²) in [7, 11) is 0. The van der Waals surface area contributed by atoms with Crippen molar-refractivity contribution in [3.63, 3.8) is 0 Å². The molecule has 0 spiro atoms. The minimum absolute atomic E-state index is 0.0107. The molecule has 1 aliphatic heterocycles. The zero-order valence-corrected chi connectivity index (χ0v) is 12.8. The highest BCUT2D eigenvalue weighted by molar-refractivity contribution is 5.30. The number of H-pyrrole nitrogens is 1. The lowest BCUT2D eigenvalue weighted by Crippen LogP contribution is -2.32. The summed E-state index contributed by atoms with van der Waals surface area (Å²) in [6, 6.07) is 16.1. The van der Waals surface area contributed by atoms with E-state index in [0.29, 0.717) is 6.54 Å². The van der Waals surface area contributed by atoms with Crippen molar-refractivity contribution < 1.29 is 0 Å². The summed E-state index contributed by atoms with van der Waals surface area (Å²) in [6.45, 7) is 2.49. The largest absolute Gasteiger partial charge is 0.294 e. The Bertz CT molecular complexity index is 852. The molecule has 5 nitrogen and oxygen atoms in total. The molecular weight excluding hydrogens is 288 g/mol. The second-order valence-electron chi connectivity index (χ2n) is 5.84. The van der Waals surface area contributed by atoms with Gasteiger partial charge in [0.2, 0.25) is 0 Å². The molecule has 3 aromatic rings. The normalized spacial score (nSPS) is 14.6. The molecule has 0 saturated heterocycles. The summed E-state index contributed by atoms with van der Waals surface area (Å²) < 4.78 is 1.83. The molecule has 3 heterocycles. The van der Waals surface area contributed by atoms with Crippen molar-refractivity contribution in [1.29, 1.82) is 0 Å². The third-order valence-electron chi connectivity index (χ3n) is 4.28. The van der Waals surface area contributed by atoms with Crippen LogP contribution in [0.4, 0.5) is 0 Å². The maximum Gasteiger partial charge on any atom is 0.269 e. The zero-order valence-electron chi connectivity index (χ0n) is 12.8. The first-order chi connectivity index (χ1) is 11.3. The number of hydrogen-bond donors (Lipinski definition) is 1. The molecule has 1 aromatic carbocycles. The quantitative estimate of drug-likeness (QED) is 0.806. The number of nitrogens with one attached hydrogen (secondary N) is 1. The topological polar surface area (TPSA) is 53.9 Å². The molecule has 2 aromatic heterocycles. The number of aromatic nitrogens is 3. The molecule has 4 rings (SSSR count). The highest BCUT2D eigenvalue weighted by atomic mass is 16.1. The third-order valence-corrected chi connectivity index (χ3v) is 4.28. The van der Waals surface area contributed by atoms with Crippen LogP contribution in [0.2, 0.25) is 0 Å². The number of fused-ring (bicyclic) bond motifs is 1. The molecular formula is C18H18N4O. The second kappa shape index (κ2) is 5.85. The Labute approximate surface area is 134 Å². The summed E-state index contributed by atoms with van der Waals surface area (Å²) in [5, 5.41) is 2.93. The van der Waals surface area contributed by atoms with Gasteiger partial charge >= 0.3 is 0 Å². The molecule has 0 amide bonds. The Morgan fingerprint density at radius 2 is 1.91 bits per heavy atom. The molecule has 0 aliphatic carbocycles. The van der Waals surface area contributed by atoms with Gasteiger partial charge in [0, 0.05) is 32.3 Å². The zero-order chi connectivity index (χ0) is 15.6. The average molecular weight is 306 g/mol. The average Bonchev–Trinajstić information content (AvgIpc) is 2.93. The van der Waals surface area contributed by atoms with E-state index in [1.165, 1.54) is 5.56 Å². The minimum Gasteiger partial charge on any atom is -0.294 e. The number of nitrogens with zero attached hydrogens (tertiary/aromatic N) is 3. The van der Waals surface area contributed by atoms with Crippen molar-refractivity contribution in [3.05, 3.63) is 81.9 Å². The molecule has 0 radical (unpaired) electrons. The van der Waals surface area contributed by atoms with Crippen molar-refractivity contribution in [3.8, 4) is 5.82 Å². The smallest absolute Gasteiger partial charge is 0.269 e. The summed E-state index contributed by atoms with van der Waals surface area (Å²) in [5.41, 5.74) is 3.18. The molecule has 0 bridgehead atoms. The summed E-state index contributed by atoms with van der Waals surface area (Å²) in [4.78, 5) is 19.0. The lowest BCUT2D eigenvalue weighted by atomic mass is 10.1. The first-order valence-electron chi connectivity index (χ1n) is 7.82. The van der Waals surface area contributed by atoms with Crippen molar-refractivity contribution in [2.75, 3.05) is 6.54 Å². The van der Waals surface area contributed by atoms with Crippen LogP contribution in [0.1, 0.15) is 16.8 Å². The van der Waals surface area contributed by atoms with Crippen LogP contribution in [0.5, 0.6) is 0 Å². The van der Waals surface area contributed by atoms with Gasteiger partial charge in [0.1, 0.15) is 0 Å². The number of aromatic amines is 1. The van der Waals surface area contributed by atoms with Crippen LogP contribution in [-0.2, 0) is 19.5 Å². The monoisotopic (exact) mass is 306 g/mol. The fourth-order valence-electron chi connectivity index (χ4n) is 3.15. The maximum absolute atomic E-state index is 12.3. The Balaban J connectivity index is 1.61. The van der Waals surface area contributed by atoms with Gasteiger partial charge < -0.3 is 0 Å². The van der Waals surface area contributed by atoms with E-state index in [9.17, 15) is 4.79 Å². The van der Waals surface area contributed by atoms with Crippen molar-refractivity contribution in [2.45, 2.75) is 19.5 Å². The van der Waals surface area contributed by atoms with Gasteiger partial charge in [0.25, 0.3) is 5.56 Å². The van der Waals surface area contributed by atoms with Gasteiger partial charge in [-0.3, -0.25) is 14.8 Å². The molecule has 23 heavy (non-hydrogen) atoms. The van der Waals surface area contributed by atoms with Crippen LogP contribution in [0.15, 0.2) is 59.5 Å². The van der Waals surface area contributed by atoms with Crippen LogP contribution in [-0.4, -0.2) is 26.2 Å². The van der Waals surface area contributed by atoms with Crippen LogP contribution in [0.3, 0.4) is 0 Å². The van der Waals surface area contributed by atoms with E-state index >= 15 is 0 Å². The van der Waals surface area contributed by atoms with Crippen LogP contribution < -0.4 is 5.56 Å². The fraction of sp³-hybridized carbons (Fsp3) is 0.222. The van der Waals surface area contributed by atoms with Gasteiger partial charge in [0.05, 0.1) is 11.3 Å². The van der Waals surface area contributed by atoms with E-state index in [2.05, 4.69) is 39.2 Å². The van der Waals surface area contributed by atoms with E-state index in [4.69, 9.17) is 0 Å². The summed E-state index contributed by atoms with van der Waals surface area (Å²) >= 11 is 0. The number of benzene rings is 1. The van der Waals surface area contributed by atoms with Gasteiger partial charge in [-0.15, -0.1) is 0 Å². The van der Waals surface area contributed by atoms with Crippen LogP contribution in [0.25, 0.3) is 5.82 Å². The summed E-state index contributed by atoms with van der Waals surface area (Å²) in [6.07, 6.45) is 2.59. The Morgan fingerprint density at radius 1 is 1.09 bits per heavy atom. The number of pyridine rings is 1. The highest BCUT2D eigenvalue weighted by Gasteiger charge is 2.24. The SMILES string of the molecule is O=c1[nH]n(-c2ccccn2)c2c1CN(Cc1ccccc1)CC2. The Morgan fingerprint density at radius 3 is 2.70 bits per heavy atom. The predicted octanol–water partition coefficient (Wildman–Crippen LogP) is 2.12. The Kier molecular flexibility index (Phi) is 3.55. The van der Waals surface area contributed by atoms with Crippen LogP contribution in [0, 0.1) is 0 Å². The molecule has 0 saturated carbocycles. The van der Waals surface area contributed by atoms with E-state index in [-0.39, 0.29) is 5.56 Å². The van der Waals surface area contributed by atoms with Gasteiger partial charge in [0.15, 0.2) is 5.82 Å². The first kappa shape index (κ1) is 14.0. The molecule has 0 fully saturated rings. The van der Waals surface area contributed by atoms with E-state index < -0.39 is 0 Å². The van der Waals surface area contributed by atoms with Gasteiger partial charge in [-0.05, 0) is 17.7 Å². The lowest BCUT2D eigenvalue weighted by Gasteiger charge is -2.26. The minimum atomic E-state index is -0.0107. The third kappa shape index (κ3) is 2.71.